The van der Waals surface area contributed by atoms with Gasteiger partial charge >= 0.3 is 0 Å². The monoisotopic (exact) mass is 509 g/mol. The molecule has 9 heteroatoms. The second-order valence-electron chi connectivity index (χ2n) is 8.56. The number of benzene rings is 1. The number of hydrogen-bond acceptors (Lipinski definition) is 6. The van der Waals surface area contributed by atoms with E-state index in [0.29, 0.717) is 22.2 Å². The van der Waals surface area contributed by atoms with E-state index in [9.17, 15) is 4.79 Å². The summed E-state index contributed by atoms with van der Waals surface area (Å²) in [6.07, 6.45) is 1.80. The zero-order chi connectivity index (χ0) is 25.3. The lowest BCUT2D eigenvalue weighted by atomic mass is 10.1. The summed E-state index contributed by atoms with van der Waals surface area (Å²) >= 11 is 12.9. The Kier molecular flexibility index (Phi) is 7.19. The van der Waals surface area contributed by atoms with Crippen molar-refractivity contribution in [2.24, 2.45) is 0 Å². The first-order valence-corrected chi connectivity index (χ1v) is 11.9. The average Bonchev–Trinajstić information content (AvgIpc) is 2.82. The first kappa shape index (κ1) is 24.8. The Hall–Kier alpha value is -3.29. The van der Waals surface area contributed by atoms with Crippen LogP contribution in [0.4, 0.5) is 0 Å². The predicted octanol–water partition coefficient (Wildman–Crippen LogP) is 6.02. The lowest BCUT2D eigenvalue weighted by molar-refractivity contribution is 0.287. The Morgan fingerprint density at radius 1 is 1.03 bits per heavy atom. The van der Waals surface area contributed by atoms with Crippen molar-refractivity contribution in [2.75, 3.05) is 0 Å². The summed E-state index contributed by atoms with van der Waals surface area (Å²) in [5.41, 5.74) is 4.05. The molecular weight excluding hydrogens is 485 g/mol. The van der Waals surface area contributed by atoms with Gasteiger partial charge in [0, 0.05) is 23.4 Å². The van der Waals surface area contributed by atoms with Gasteiger partial charge in [-0.15, -0.1) is 0 Å². The molecule has 0 spiro atoms. The third-order valence-corrected chi connectivity index (χ3v) is 6.08. The van der Waals surface area contributed by atoms with Crippen LogP contribution in [0.5, 0.6) is 5.88 Å². The van der Waals surface area contributed by atoms with Gasteiger partial charge in [-0.05, 0) is 50.6 Å². The van der Waals surface area contributed by atoms with Crippen LogP contribution >= 0.6 is 23.2 Å². The number of halogens is 2. The van der Waals surface area contributed by atoms with Crippen molar-refractivity contribution in [2.45, 2.75) is 47.1 Å². The Balaban J connectivity index is 1.75. The van der Waals surface area contributed by atoms with E-state index in [-0.39, 0.29) is 23.4 Å². The van der Waals surface area contributed by atoms with Crippen molar-refractivity contribution in [1.82, 2.24) is 24.5 Å². The predicted molar refractivity (Wildman–Crippen MR) is 138 cm³/mol. The molecule has 1 aromatic carbocycles. The van der Waals surface area contributed by atoms with Crippen LogP contribution in [0.2, 0.25) is 10.0 Å². The number of aryl methyl sites for hydroxylation is 3. The fourth-order valence-electron chi connectivity index (χ4n) is 3.64. The summed E-state index contributed by atoms with van der Waals surface area (Å²) in [6.45, 7) is 9.75. The fourth-order valence-corrected chi connectivity index (χ4v) is 4.02. The minimum Gasteiger partial charge on any atom is -0.470 e. The Labute approximate surface area is 213 Å². The van der Waals surface area contributed by atoms with Crippen LogP contribution in [0.1, 0.15) is 48.4 Å². The smallest absolute Gasteiger partial charge is 0.280 e. The highest BCUT2D eigenvalue weighted by atomic mass is 35.5. The molecule has 0 amide bonds. The van der Waals surface area contributed by atoms with Gasteiger partial charge in [-0.25, -0.2) is 9.97 Å². The molecular formula is C26H25Cl2N5O2. The molecule has 0 saturated carbocycles. The minimum atomic E-state index is -0.479. The van der Waals surface area contributed by atoms with Gasteiger partial charge in [-0.3, -0.25) is 14.3 Å². The molecule has 0 atom stereocenters. The highest BCUT2D eigenvalue weighted by Gasteiger charge is 2.19. The number of pyridine rings is 1. The molecule has 0 radical (unpaired) electrons. The minimum absolute atomic E-state index is 0.0502. The van der Waals surface area contributed by atoms with Gasteiger partial charge in [-0.2, -0.15) is 4.98 Å². The van der Waals surface area contributed by atoms with Gasteiger partial charge in [-0.1, -0.05) is 49.2 Å². The zero-order valence-electron chi connectivity index (χ0n) is 20.1. The molecule has 0 unspecified atom stereocenters. The summed E-state index contributed by atoms with van der Waals surface area (Å²) in [5.74, 6) is 1.35. The number of rotatable bonds is 6. The average molecular weight is 510 g/mol. The maximum Gasteiger partial charge on any atom is 0.280 e. The topological polar surface area (TPSA) is 82.8 Å². The van der Waals surface area contributed by atoms with Crippen molar-refractivity contribution in [3.05, 3.63) is 91.6 Å². The van der Waals surface area contributed by atoms with Gasteiger partial charge in [0.1, 0.15) is 18.3 Å². The van der Waals surface area contributed by atoms with Gasteiger partial charge in [0.25, 0.3) is 5.56 Å². The molecule has 3 aromatic heterocycles. The number of hydrogen-bond donors (Lipinski definition) is 0. The molecule has 35 heavy (non-hydrogen) atoms. The SMILES string of the molecule is Cc1cccc(COc2nc(C)n(-c3cc(-c4nc(C(C)C)ncc4C)ccc3Cl)c(=O)c2Cl)n1. The van der Waals surface area contributed by atoms with Crippen LogP contribution in [0.15, 0.2) is 47.4 Å². The van der Waals surface area contributed by atoms with E-state index in [1.807, 2.05) is 58.0 Å². The number of ether oxygens (including phenoxy) is 1. The zero-order valence-corrected chi connectivity index (χ0v) is 21.6. The van der Waals surface area contributed by atoms with Gasteiger partial charge in [0.2, 0.25) is 5.88 Å². The van der Waals surface area contributed by atoms with Gasteiger partial charge in [0.05, 0.1) is 22.1 Å². The van der Waals surface area contributed by atoms with E-state index < -0.39 is 5.56 Å². The van der Waals surface area contributed by atoms with E-state index in [0.717, 1.165) is 28.3 Å². The van der Waals surface area contributed by atoms with Crippen LogP contribution in [-0.2, 0) is 6.61 Å². The second kappa shape index (κ2) is 10.1. The second-order valence-corrected chi connectivity index (χ2v) is 9.34. The maximum atomic E-state index is 13.3. The first-order chi connectivity index (χ1) is 16.7. The molecule has 7 nitrogen and oxygen atoms in total. The summed E-state index contributed by atoms with van der Waals surface area (Å²) in [5, 5.41) is 0.246. The van der Waals surface area contributed by atoms with Crippen molar-refractivity contribution in [3.8, 4) is 22.8 Å². The third kappa shape index (κ3) is 5.21. The van der Waals surface area contributed by atoms with Crippen LogP contribution in [-0.4, -0.2) is 24.5 Å². The fraction of sp³-hybridized carbons (Fsp3) is 0.269. The Bertz CT molecular complexity index is 1470. The van der Waals surface area contributed by atoms with E-state index >= 15 is 0 Å². The molecule has 0 bridgehead atoms. The molecule has 0 N–H and O–H groups in total. The number of aromatic nitrogens is 5. The molecule has 0 fully saturated rings. The van der Waals surface area contributed by atoms with Gasteiger partial charge < -0.3 is 4.74 Å². The molecule has 0 aliphatic heterocycles. The van der Waals surface area contributed by atoms with Gasteiger partial charge in [0.15, 0.2) is 5.02 Å². The molecule has 4 rings (SSSR count). The van der Waals surface area contributed by atoms with E-state index in [1.165, 1.54) is 4.57 Å². The normalized spacial score (nSPS) is 11.2. The first-order valence-electron chi connectivity index (χ1n) is 11.1. The van der Waals surface area contributed by atoms with E-state index in [1.54, 1.807) is 19.2 Å². The quantitative estimate of drug-likeness (QED) is 0.316. The van der Waals surface area contributed by atoms with Crippen molar-refractivity contribution in [1.29, 1.82) is 0 Å². The molecule has 3 heterocycles. The highest BCUT2D eigenvalue weighted by molar-refractivity contribution is 6.33. The summed E-state index contributed by atoms with van der Waals surface area (Å²) in [4.78, 5) is 31.3. The third-order valence-electron chi connectivity index (χ3n) is 5.44. The van der Waals surface area contributed by atoms with E-state index in [4.69, 9.17) is 32.9 Å². The molecule has 180 valence electrons. The summed E-state index contributed by atoms with van der Waals surface area (Å²) in [6, 6.07) is 11.0. The molecule has 4 aromatic rings. The Morgan fingerprint density at radius 2 is 1.80 bits per heavy atom. The molecule has 0 aliphatic rings. The highest BCUT2D eigenvalue weighted by Crippen LogP contribution is 2.30. The molecule has 0 saturated heterocycles. The summed E-state index contributed by atoms with van der Waals surface area (Å²) < 4.78 is 7.12. The van der Waals surface area contributed by atoms with Crippen LogP contribution < -0.4 is 10.3 Å². The van der Waals surface area contributed by atoms with Crippen LogP contribution in [0.25, 0.3) is 16.9 Å². The number of nitrogens with zero attached hydrogens (tertiary/aromatic N) is 5. The maximum absolute atomic E-state index is 13.3. The van der Waals surface area contributed by atoms with Crippen LogP contribution in [0, 0.1) is 20.8 Å². The Morgan fingerprint density at radius 3 is 2.51 bits per heavy atom. The molecule has 0 aliphatic carbocycles. The largest absolute Gasteiger partial charge is 0.470 e. The lowest BCUT2D eigenvalue weighted by Crippen LogP contribution is -2.24. The van der Waals surface area contributed by atoms with Crippen LogP contribution in [0.3, 0.4) is 0 Å². The standard InChI is InChI=1S/C26H25Cl2N5O2/c1-14(2)24-29-12-15(3)23(32-24)18-9-10-20(27)21(11-18)33-17(5)31-25(22(28)26(33)34)35-13-19-8-6-7-16(4)30-19/h6-12,14H,13H2,1-5H3. The van der Waals surface area contributed by atoms with E-state index in [2.05, 4.69) is 15.0 Å². The van der Waals surface area contributed by atoms with Crippen molar-refractivity contribution >= 4 is 23.2 Å². The van der Waals surface area contributed by atoms with Crippen molar-refractivity contribution in [3.63, 3.8) is 0 Å². The summed E-state index contributed by atoms with van der Waals surface area (Å²) in [7, 11) is 0. The van der Waals surface area contributed by atoms with Crippen molar-refractivity contribution < 1.29 is 4.74 Å². The lowest BCUT2D eigenvalue weighted by Gasteiger charge is -2.16.